The van der Waals surface area contributed by atoms with Gasteiger partial charge in [-0.2, -0.15) is 0 Å². The Balaban J connectivity index is 2.13. The van der Waals surface area contributed by atoms with Crippen LogP contribution in [0, 0.1) is 0 Å². The number of hydrogen-bond donors (Lipinski definition) is 0. The molecule has 0 N–H and O–H groups in total. The molecule has 0 saturated heterocycles. The third kappa shape index (κ3) is 3.39. The van der Waals surface area contributed by atoms with E-state index in [1.165, 1.54) is 19.3 Å². The highest BCUT2D eigenvalue weighted by Gasteiger charge is 2.17. The molecule has 0 aromatic heterocycles. The van der Waals surface area contributed by atoms with E-state index in [1.54, 1.807) is 0 Å². The first kappa shape index (κ1) is 9.27. The van der Waals surface area contributed by atoms with Crippen molar-refractivity contribution in [3.8, 4) is 0 Å². The van der Waals surface area contributed by atoms with Gasteiger partial charge in [-0.3, -0.25) is 0 Å². The van der Waals surface area contributed by atoms with Crippen LogP contribution in [-0.4, -0.2) is 18.3 Å². The first-order valence-corrected chi connectivity index (χ1v) is 4.62. The normalized spacial score (nSPS) is 23.5. The van der Waals surface area contributed by atoms with E-state index in [1.807, 2.05) is 0 Å². The standard InChI is InChI=1S/C8H14ClFO/c9-8(6-10)11-7-4-2-1-3-5-7/h7-8H,1-6H2. The summed E-state index contributed by atoms with van der Waals surface area (Å²) in [6.07, 6.45) is 5.97. The molecule has 0 heterocycles. The Morgan fingerprint density at radius 1 is 1.36 bits per heavy atom. The van der Waals surface area contributed by atoms with E-state index >= 15 is 0 Å². The first-order valence-electron chi connectivity index (χ1n) is 4.18. The van der Waals surface area contributed by atoms with Crippen LogP contribution in [0.2, 0.25) is 0 Å². The highest BCUT2D eigenvalue weighted by Crippen LogP contribution is 2.22. The molecule has 11 heavy (non-hydrogen) atoms. The first-order chi connectivity index (χ1) is 5.33. The van der Waals surface area contributed by atoms with Crippen LogP contribution >= 0.6 is 11.6 Å². The molecule has 0 aromatic rings. The predicted octanol–water partition coefficient (Wildman–Crippen LogP) is 2.87. The van der Waals surface area contributed by atoms with Crippen molar-refractivity contribution in [2.45, 2.75) is 43.8 Å². The number of halogens is 2. The number of alkyl halides is 2. The molecule has 1 saturated carbocycles. The van der Waals surface area contributed by atoms with Gasteiger partial charge < -0.3 is 4.74 Å². The molecule has 1 unspecified atom stereocenters. The van der Waals surface area contributed by atoms with Gasteiger partial charge in [0.2, 0.25) is 0 Å². The molecule has 0 amide bonds. The van der Waals surface area contributed by atoms with Gasteiger partial charge in [-0.25, -0.2) is 4.39 Å². The quantitative estimate of drug-likeness (QED) is 0.607. The minimum Gasteiger partial charge on any atom is -0.356 e. The van der Waals surface area contributed by atoms with Crippen molar-refractivity contribution >= 4 is 11.6 Å². The third-order valence-electron chi connectivity index (χ3n) is 2.01. The topological polar surface area (TPSA) is 9.23 Å². The summed E-state index contributed by atoms with van der Waals surface area (Å²) in [5.74, 6) is 0. The van der Waals surface area contributed by atoms with Gasteiger partial charge in [-0.1, -0.05) is 30.9 Å². The van der Waals surface area contributed by atoms with Crippen LogP contribution in [0.25, 0.3) is 0 Å². The molecule has 66 valence electrons. The molecule has 1 aliphatic carbocycles. The van der Waals surface area contributed by atoms with Crippen LogP contribution in [0.5, 0.6) is 0 Å². The van der Waals surface area contributed by atoms with E-state index in [0.717, 1.165) is 12.8 Å². The summed E-state index contributed by atoms with van der Waals surface area (Å²) in [6, 6.07) is 0. The Bertz CT molecular complexity index is 104. The lowest BCUT2D eigenvalue weighted by Gasteiger charge is -2.23. The van der Waals surface area contributed by atoms with Crippen LogP contribution in [-0.2, 0) is 4.74 Å². The van der Waals surface area contributed by atoms with Crippen LogP contribution in [0.3, 0.4) is 0 Å². The summed E-state index contributed by atoms with van der Waals surface area (Å²) in [6.45, 7) is -0.585. The second kappa shape index (κ2) is 4.94. The van der Waals surface area contributed by atoms with Gasteiger partial charge in [-0.05, 0) is 12.8 Å². The third-order valence-corrected chi connectivity index (χ3v) is 2.23. The Morgan fingerprint density at radius 3 is 2.55 bits per heavy atom. The molecule has 1 rings (SSSR count). The predicted molar refractivity (Wildman–Crippen MR) is 43.6 cm³/mol. The summed E-state index contributed by atoms with van der Waals surface area (Å²) >= 11 is 5.50. The molecule has 0 aliphatic heterocycles. The summed E-state index contributed by atoms with van der Waals surface area (Å²) < 4.78 is 17.1. The summed E-state index contributed by atoms with van der Waals surface area (Å²) in [5, 5.41) is 0. The van der Waals surface area contributed by atoms with Crippen molar-refractivity contribution in [2.24, 2.45) is 0 Å². The number of rotatable bonds is 3. The van der Waals surface area contributed by atoms with Gasteiger partial charge in [0.15, 0.2) is 5.56 Å². The van der Waals surface area contributed by atoms with E-state index < -0.39 is 12.2 Å². The minimum absolute atomic E-state index is 0.210. The second-order valence-corrected chi connectivity index (χ2v) is 3.45. The van der Waals surface area contributed by atoms with Crippen molar-refractivity contribution in [3.63, 3.8) is 0 Å². The van der Waals surface area contributed by atoms with Crippen LogP contribution in [0.15, 0.2) is 0 Å². The maximum atomic E-state index is 11.9. The molecule has 0 bridgehead atoms. The van der Waals surface area contributed by atoms with Crippen molar-refractivity contribution in [1.29, 1.82) is 0 Å². The largest absolute Gasteiger partial charge is 0.356 e. The fourth-order valence-electron chi connectivity index (χ4n) is 1.45. The molecule has 1 aliphatic rings. The molecule has 1 nitrogen and oxygen atoms in total. The molecule has 1 atom stereocenters. The Morgan fingerprint density at radius 2 is 2.00 bits per heavy atom. The smallest absolute Gasteiger partial charge is 0.159 e. The zero-order chi connectivity index (χ0) is 8.10. The Hall–Kier alpha value is 0.180. The van der Waals surface area contributed by atoms with E-state index in [4.69, 9.17) is 16.3 Å². The lowest BCUT2D eigenvalue weighted by Crippen LogP contribution is -2.21. The molecule has 3 heteroatoms. The van der Waals surface area contributed by atoms with E-state index in [-0.39, 0.29) is 6.10 Å². The Labute approximate surface area is 71.9 Å². The fourth-order valence-corrected chi connectivity index (χ4v) is 1.59. The average Bonchev–Trinajstić information content (AvgIpc) is 2.06. The Kier molecular flexibility index (Phi) is 4.16. The highest BCUT2D eigenvalue weighted by molar-refractivity contribution is 6.19. The van der Waals surface area contributed by atoms with Gasteiger partial charge in [0.05, 0.1) is 6.10 Å². The van der Waals surface area contributed by atoms with Crippen molar-refractivity contribution in [3.05, 3.63) is 0 Å². The van der Waals surface area contributed by atoms with Gasteiger partial charge >= 0.3 is 0 Å². The summed E-state index contributed by atoms with van der Waals surface area (Å²) in [5.41, 5.74) is -0.724. The lowest BCUT2D eigenvalue weighted by atomic mass is 9.98. The van der Waals surface area contributed by atoms with E-state index in [2.05, 4.69) is 0 Å². The van der Waals surface area contributed by atoms with Gasteiger partial charge in [0.1, 0.15) is 6.67 Å². The zero-order valence-electron chi connectivity index (χ0n) is 6.56. The monoisotopic (exact) mass is 180 g/mol. The van der Waals surface area contributed by atoms with E-state index in [0.29, 0.717) is 0 Å². The van der Waals surface area contributed by atoms with E-state index in [9.17, 15) is 4.39 Å². The van der Waals surface area contributed by atoms with Crippen molar-refractivity contribution in [1.82, 2.24) is 0 Å². The molecular formula is C8H14ClFO. The summed E-state index contributed by atoms with van der Waals surface area (Å²) in [7, 11) is 0. The molecule has 1 fully saturated rings. The number of hydrogen-bond acceptors (Lipinski definition) is 1. The fraction of sp³-hybridized carbons (Fsp3) is 1.00. The molecule has 0 radical (unpaired) electrons. The maximum absolute atomic E-state index is 11.9. The van der Waals surface area contributed by atoms with Gasteiger partial charge in [0.25, 0.3) is 0 Å². The van der Waals surface area contributed by atoms with Crippen LogP contribution in [0.4, 0.5) is 4.39 Å². The molecule has 0 aromatic carbocycles. The zero-order valence-corrected chi connectivity index (χ0v) is 7.32. The van der Waals surface area contributed by atoms with Crippen LogP contribution < -0.4 is 0 Å². The van der Waals surface area contributed by atoms with Gasteiger partial charge in [0, 0.05) is 0 Å². The van der Waals surface area contributed by atoms with Gasteiger partial charge in [-0.15, -0.1) is 0 Å². The average molecular weight is 181 g/mol. The maximum Gasteiger partial charge on any atom is 0.159 e. The van der Waals surface area contributed by atoms with Crippen LogP contribution in [0.1, 0.15) is 32.1 Å². The summed E-state index contributed by atoms with van der Waals surface area (Å²) in [4.78, 5) is 0. The highest BCUT2D eigenvalue weighted by atomic mass is 35.5. The second-order valence-electron chi connectivity index (χ2n) is 2.96. The number of ether oxygens (including phenoxy) is 1. The minimum atomic E-state index is -0.724. The SMILES string of the molecule is FCC(Cl)OC1CCCCC1. The molecule has 0 spiro atoms. The lowest BCUT2D eigenvalue weighted by molar-refractivity contribution is -0.000458. The molecular weight excluding hydrogens is 167 g/mol. The van der Waals surface area contributed by atoms with Crippen molar-refractivity contribution in [2.75, 3.05) is 6.67 Å². The van der Waals surface area contributed by atoms with Crippen molar-refractivity contribution < 1.29 is 9.13 Å².